The van der Waals surface area contributed by atoms with Crippen molar-refractivity contribution >= 4 is 34.8 Å². The minimum absolute atomic E-state index is 0.117. The number of aromatic nitrogens is 2. The summed E-state index contributed by atoms with van der Waals surface area (Å²) in [4.78, 5) is 26.1. The first-order valence-electron chi connectivity index (χ1n) is 6.71. The van der Waals surface area contributed by atoms with Gasteiger partial charge in [0.1, 0.15) is 10.8 Å². The number of nitrogens with one attached hydrogen (secondary N) is 1. The molecule has 2 aliphatic rings. The van der Waals surface area contributed by atoms with Crippen LogP contribution in [-0.4, -0.2) is 27.0 Å². The van der Waals surface area contributed by atoms with Crippen molar-refractivity contribution in [2.24, 2.45) is 11.1 Å². The highest BCUT2D eigenvalue weighted by Gasteiger charge is 2.46. The maximum atomic E-state index is 12.4. The van der Waals surface area contributed by atoms with Gasteiger partial charge < -0.3 is 5.73 Å². The van der Waals surface area contributed by atoms with Crippen LogP contribution < -0.4 is 10.6 Å². The fourth-order valence-corrected chi connectivity index (χ4v) is 3.51. The molecule has 7 heteroatoms. The van der Waals surface area contributed by atoms with Gasteiger partial charge in [0.15, 0.2) is 0 Å². The molecule has 1 aromatic heterocycles. The molecule has 1 saturated heterocycles. The number of nitrogens with zero attached hydrogens (tertiary/aromatic N) is 2. The largest absolute Gasteiger partial charge is 0.389 e. The molecular weight excluding hydrogens is 276 g/mol. The van der Waals surface area contributed by atoms with Crippen molar-refractivity contribution < 1.29 is 9.59 Å². The highest BCUT2D eigenvalue weighted by Crippen LogP contribution is 2.47. The summed E-state index contributed by atoms with van der Waals surface area (Å²) < 4.78 is 0. The molecule has 3 N–H and O–H groups in total. The maximum absolute atomic E-state index is 12.4. The standard InChI is InChI=1S/C13H16N4O2S/c14-11(20)8-7-15-16-12(8)17-9(18)5-13(6-10(17)19)3-1-2-4-13/h7H,1-6H2,(H2,14,20)(H,15,16). The molecule has 0 atom stereocenters. The quantitative estimate of drug-likeness (QED) is 0.632. The lowest BCUT2D eigenvalue weighted by Crippen LogP contribution is -2.48. The topological polar surface area (TPSA) is 92.1 Å². The normalized spacial score (nSPS) is 21.7. The van der Waals surface area contributed by atoms with Gasteiger partial charge >= 0.3 is 0 Å². The van der Waals surface area contributed by atoms with Crippen molar-refractivity contribution in [1.29, 1.82) is 0 Å². The predicted octanol–water partition coefficient (Wildman–Crippen LogP) is 1.26. The number of rotatable bonds is 2. The molecule has 106 valence electrons. The minimum atomic E-state index is -0.190. The van der Waals surface area contributed by atoms with E-state index < -0.39 is 0 Å². The van der Waals surface area contributed by atoms with E-state index in [2.05, 4.69) is 10.2 Å². The first-order chi connectivity index (χ1) is 9.52. The van der Waals surface area contributed by atoms with Crippen LogP contribution in [0.2, 0.25) is 0 Å². The Labute approximate surface area is 121 Å². The molecule has 0 aromatic carbocycles. The van der Waals surface area contributed by atoms with E-state index in [0.717, 1.165) is 30.6 Å². The SMILES string of the molecule is NC(=S)c1cn[nH]c1N1C(=O)CC2(CCCC2)CC1=O. The van der Waals surface area contributed by atoms with E-state index in [1.807, 2.05) is 0 Å². The van der Waals surface area contributed by atoms with Gasteiger partial charge in [0.2, 0.25) is 11.8 Å². The van der Waals surface area contributed by atoms with Gasteiger partial charge in [-0.3, -0.25) is 14.7 Å². The zero-order chi connectivity index (χ0) is 14.3. The number of amides is 2. The van der Waals surface area contributed by atoms with Crippen LogP contribution in [0, 0.1) is 5.41 Å². The van der Waals surface area contributed by atoms with Crippen molar-refractivity contribution in [3.63, 3.8) is 0 Å². The summed E-state index contributed by atoms with van der Waals surface area (Å²) in [5.74, 6) is -0.0739. The second-order valence-electron chi connectivity index (χ2n) is 5.68. The molecule has 2 amide bonds. The molecule has 1 aliphatic heterocycles. The molecule has 1 aromatic rings. The summed E-state index contributed by atoms with van der Waals surface area (Å²) in [6.07, 6.45) is 6.39. The lowest BCUT2D eigenvalue weighted by molar-refractivity contribution is -0.133. The van der Waals surface area contributed by atoms with Crippen molar-refractivity contribution in [2.75, 3.05) is 4.90 Å². The van der Waals surface area contributed by atoms with Crippen LogP contribution in [-0.2, 0) is 9.59 Å². The van der Waals surface area contributed by atoms with Gasteiger partial charge in [0.05, 0.1) is 11.8 Å². The Hall–Kier alpha value is -1.76. The second-order valence-corrected chi connectivity index (χ2v) is 6.12. The minimum Gasteiger partial charge on any atom is -0.389 e. The van der Waals surface area contributed by atoms with Crippen LogP contribution in [0.25, 0.3) is 0 Å². The number of aromatic amines is 1. The Balaban J connectivity index is 1.92. The first-order valence-corrected chi connectivity index (χ1v) is 7.12. The van der Waals surface area contributed by atoms with E-state index in [0.29, 0.717) is 24.2 Å². The number of H-pyrrole nitrogens is 1. The summed E-state index contributed by atoms with van der Waals surface area (Å²) in [7, 11) is 0. The average molecular weight is 292 g/mol. The van der Waals surface area contributed by atoms with Gasteiger partial charge in [-0.15, -0.1) is 0 Å². The third-order valence-corrected chi connectivity index (χ3v) is 4.54. The molecule has 20 heavy (non-hydrogen) atoms. The highest BCUT2D eigenvalue weighted by molar-refractivity contribution is 7.80. The number of carbonyl (C=O) groups is 2. The Kier molecular flexibility index (Phi) is 3.08. The smallest absolute Gasteiger partial charge is 0.235 e. The molecule has 2 fully saturated rings. The Morgan fingerprint density at radius 2 is 1.90 bits per heavy atom. The van der Waals surface area contributed by atoms with Crippen LogP contribution in [0.15, 0.2) is 6.20 Å². The van der Waals surface area contributed by atoms with Gasteiger partial charge in [-0.2, -0.15) is 5.10 Å². The molecule has 3 rings (SSSR count). The summed E-state index contributed by atoms with van der Waals surface area (Å²) >= 11 is 4.92. The average Bonchev–Trinajstić information content (AvgIpc) is 2.98. The molecule has 0 bridgehead atoms. The van der Waals surface area contributed by atoms with Gasteiger partial charge in [-0.05, 0) is 18.3 Å². The van der Waals surface area contributed by atoms with E-state index in [-0.39, 0.29) is 22.2 Å². The van der Waals surface area contributed by atoms with Crippen LogP contribution in [0.5, 0.6) is 0 Å². The van der Waals surface area contributed by atoms with Crippen molar-refractivity contribution in [3.8, 4) is 0 Å². The fraction of sp³-hybridized carbons (Fsp3) is 0.538. The number of hydrogen-bond acceptors (Lipinski definition) is 4. The molecule has 6 nitrogen and oxygen atoms in total. The third kappa shape index (κ3) is 2.02. The summed E-state index contributed by atoms with van der Waals surface area (Å²) in [5.41, 5.74) is 5.91. The van der Waals surface area contributed by atoms with E-state index in [9.17, 15) is 9.59 Å². The van der Waals surface area contributed by atoms with Crippen LogP contribution in [0.1, 0.15) is 44.1 Å². The highest BCUT2D eigenvalue weighted by atomic mass is 32.1. The lowest BCUT2D eigenvalue weighted by atomic mass is 9.76. The van der Waals surface area contributed by atoms with E-state index in [1.54, 1.807) is 0 Å². The molecule has 1 aliphatic carbocycles. The fourth-order valence-electron chi connectivity index (χ4n) is 3.36. The van der Waals surface area contributed by atoms with Gasteiger partial charge in [0, 0.05) is 12.8 Å². The Morgan fingerprint density at radius 3 is 2.45 bits per heavy atom. The summed E-state index contributed by atoms with van der Waals surface area (Å²) in [6.45, 7) is 0. The number of hydrogen-bond donors (Lipinski definition) is 2. The third-order valence-electron chi connectivity index (χ3n) is 4.32. The van der Waals surface area contributed by atoms with Crippen LogP contribution >= 0.6 is 12.2 Å². The molecule has 1 spiro atoms. The van der Waals surface area contributed by atoms with Crippen molar-refractivity contribution in [2.45, 2.75) is 38.5 Å². The Morgan fingerprint density at radius 1 is 1.30 bits per heavy atom. The molecule has 1 saturated carbocycles. The second kappa shape index (κ2) is 4.66. The van der Waals surface area contributed by atoms with E-state index >= 15 is 0 Å². The zero-order valence-corrected chi connectivity index (χ0v) is 11.8. The van der Waals surface area contributed by atoms with Gasteiger partial charge in [-0.25, -0.2) is 4.90 Å². The summed E-state index contributed by atoms with van der Waals surface area (Å²) in [6, 6.07) is 0. The lowest BCUT2D eigenvalue weighted by Gasteiger charge is -2.36. The van der Waals surface area contributed by atoms with Gasteiger partial charge in [0.25, 0.3) is 0 Å². The van der Waals surface area contributed by atoms with Crippen molar-refractivity contribution in [1.82, 2.24) is 10.2 Å². The number of carbonyl (C=O) groups excluding carboxylic acids is 2. The Bertz CT molecular complexity index is 569. The molecule has 0 unspecified atom stereocenters. The van der Waals surface area contributed by atoms with Gasteiger partial charge in [-0.1, -0.05) is 25.1 Å². The number of piperidine rings is 1. The predicted molar refractivity (Wildman–Crippen MR) is 77.1 cm³/mol. The number of thiocarbonyl (C=S) groups is 1. The first kappa shape index (κ1) is 13.2. The van der Waals surface area contributed by atoms with E-state index in [1.165, 1.54) is 6.20 Å². The van der Waals surface area contributed by atoms with Crippen LogP contribution in [0.4, 0.5) is 5.82 Å². The number of nitrogens with two attached hydrogens (primary N) is 1. The van der Waals surface area contributed by atoms with Crippen molar-refractivity contribution in [3.05, 3.63) is 11.8 Å². The molecular formula is C13H16N4O2S. The zero-order valence-electron chi connectivity index (χ0n) is 11.0. The van der Waals surface area contributed by atoms with Crippen LogP contribution in [0.3, 0.4) is 0 Å². The summed E-state index contributed by atoms with van der Waals surface area (Å²) in [5, 5.41) is 6.50. The van der Waals surface area contributed by atoms with E-state index in [4.69, 9.17) is 18.0 Å². The molecule has 2 heterocycles. The molecule has 0 radical (unpaired) electrons. The number of anilines is 1. The number of imide groups is 1. The monoisotopic (exact) mass is 292 g/mol. The maximum Gasteiger partial charge on any atom is 0.235 e.